The standard InChI is InChI=1S/C56H41Cl2NO2/c1-59(2,33-47-49(57)31-39-23-11-13-25-41(39)51(47)53-43-27-15-9-21-37(43)29-45(55(53)60)35-17-5-3-6-18-35)34-48-50(58)32-40-24-12-14-26-42(40)52(48)54-44-28-16-10-22-38(44)30-46(56(54)61)36-19-7-4-8-20-36/h3-32H,33-34H2,1-2H3,(H-,60,61)/p+1. The molecule has 0 aromatic heterocycles. The summed E-state index contributed by atoms with van der Waals surface area (Å²) in [6.07, 6.45) is 0. The van der Waals surface area contributed by atoms with Gasteiger partial charge in [0.25, 0.3) is 0 Å². The van der Waals surface area contributed by atoms with Gasteiger partial charge in [-0.05, 0) is 78.5 Å². The SMILES string of the molecule is C[N+](C)(Cc1c(Cl)cc2ccccc2c1-c1c(O)c(-c2ccccc2)cc2ccccc12)Cc1c(Cl)cc2ccccc2c1-c1c(O)c(-c2ccccc2)cc2ccccc12. The molecule has 0 saturated carbocycles. The van der Waals surface area contributed by atoms with Gasteiger partial charge in [0.15, 0.2) is 0 Å². The van der Waals surface area contributed by atoms with Gasteiger partial charge in [-0.15, -0.1) is 0 Å². The van der Waals surface area contributed by atoms with E-state index in [-0.39, 0.29) is 11.5 Å². The van der Waals surface area contributed by atoms with Crippen LogP contribution in [0.2, 0.25) is 10.0 Å². The van der Waals surface area contributed by atoms with Gasteiger partial charge in [-0.25, -0.2) is 0 Å². The van der Waals surface area contributed by atoms with E-state index in [1.54, 1.807) is 0 Å². The van der Waals surface area contributed by atoms with Gasteiger partial charge in [-0.1, -0.05) is 181 Å². The Kier molecular flexibility index (Phi) is 9.77. The first kappa shape index (κ1) is 38.6. The van der Waals surface area contributed by atoms with Crippen molar-refractivity contribution in [2.24, 2.45) is 0 Å². The Morgan fingerprint density at radius 1 is 0.377 bits per heavy atom. The average Bonchev–Trinajstić information content (AvgIpc) is 3.28. The molecule has 0 amide bonds. The molecule has 10 aromatic rings. The Morgan fingerprint density at radius 3 is 1.03 bits per heavy atom. The van der Waals surface area contributed by atoms with Gasteiger partial charge in [0.1, 0.15) is 24.6 Å². The smallest absolute Gasteiger partial charge is 0.131 e. The molecule has 5 heteroatoms. The lowest BCUT2D eigenvalue weighted by molar-refractivity contribution is -0.916. The summed E-state index contributed by atoms with van der Waals surface area (Å²) < 4.78 is 0.449. The first-order valence-electron chi connectivity index (χ1n) is 20.5. The zero-order chi connectivity index (χ0) is 41.8. The second-order valence-electron chi connectivity index (χ2n) is 16.6. The maximum Gasteiger partial charge on any atom is 0.131 e. The number of phenols is 2. The minimum atomic E-state index is 0.212. The van der Waals surface area contributed by atoms with Crippen LogP contribution in [0.1, 0.15) is 11.1 Å². The number of fused-ring (bicyclic) bond motifs is 4. The van der Waals surface area contributed by atoms with Crippen LogP contribution in [0.3, 0.4) is 0 Å². The maximum absolute atomic E-state index is 12.5. The third kappa shape index (κ3) is 6.85. The number of hydrogen-bond acceptors (Lipinski definition) is 2. The van der Waals surface area contributed by atoms with E-state index in [1.807, 2.05) is 121 Å². The van der Waals surface area contributed by atoms with Crippen LogP contribution in [-0.4, -0.2) is 28.8 Å². The molecule has 10 aromatic carbocycles. The molecule has 3 nitrogen and oxygen atoms in total. The summed E-state index contributed by atoms with van der Waals surface area (Å²) >= 11 is 15.0. The summed E-state index contributed by atoms with van der Waals surface area (Å²) in [5, 5.41) is 34.2. The molecule has 0 aliphatic rings. The molecule has 0 saturated heterocycles. The van der Waals surface area contributed by atoms with Gasteiger partial charge in [0.2, 0.25) is 0 Å². The van der Waals surface area contributed by atoms with Gasteiger partial charge in [0.05, 0.1) is 24.1 Å². The number of halogens is 2. The molecular formula is C56H42Cl2NO2+. The van der Waals surface area contributed by atoms with Crippen molar-refractivity contribution < 1.29 is 14.7 Å². The van der Waals surface area contributed by atoms with Gasteiger partial charge in [0, 0.05) is 44.5 Å². The summed E-state index contributed by atoms with van der Waals surface area (Å²) in [5.41, 5.74) is 8.56. The van der Waals surface area contributed by atoms with Crippen LogP contribution >= 0.6 is 23.2 Å². The zero-order valence-corrected chi connectivity index (χ0v) is 35.3. The van der Waals surface area contributed by atoms with E-state index >= 15 is 0 Å². The number of rotatable bonds is 8. The summed E-state index contributed by atoms with van der Waals surface area (Å²) in [6.45, 7) is 1.00. The predicted octanol–water partition coefficient (Wildman–Crippen LogP) is 15.5. The lowest BCUT2D eigenvalue weighted by Crippen LogP contribution is -2.38. The molecule has 0 aliphatic heterocycles. The number of hydrogen-bond donors (Lipinski definition) is 2. The Morgan fingerprint density at radius 2 is 0.672 bits per heavy atom. The maximum atomic E-state index is 12.5. The normalized spacial score (nSPS) is 11.9. The molecule has 61 heavy (non-hydrogen) atoms. The number of phenolic OH excluding ortho intramolecular Hbond substituents is 2. The predicted molar refractivity (Wildman–Crippen MR) is 258 cm³/mol. The summed E-state index contributed by atoms with van der Waals surface area (Å²) in [7, 11) is 4.39. The van der Waals surface area contributed by atoms with E-state index in [1.165, 1.54) is 0 Å². The first-order valence-corrected chi connectivity index (χ1v) is 21.3. The van der Waals surface area contributed by atoms with Crippen LogP contribution in [-0.2, 0) is 13.1 Å². The van der Waals surface area contributed by atoms with Gasteiger partial charge in [-0.3, -0.25) is 0 Å². The quantitative estimate of drug-likeness (QED) is 0.150. The highest BCUT2D eigenvalue weighted by Gasteiger charge is 2.30. The molecule has 0 bridgehead atoms. The molecule has 0 radical (unpaired) electrons. The fraction of sp³-hybridized carbons (Fsp3) is 0.0714. The summed E-state index contributed by atoms with van der Waals surface area (Å²) in [5.74, 6) is 0.425. The van der Waals surface area contributed by atoms with E-state index in [9.17, 15) is 10.2 Å². The van der Waals surface area contributed by atoms with E-state index < -0.39 is 0 Å². The Balaban J connectivity index is 1.20. The second kappa shape index (κ2) is 15.4. The van der Waals surface area contributed by atoms with Gasteiger partial charge < -0.3 is 14.7 Å². The molecule has 0 fully saturated rings. The molecule has 0 heterocycles. The molecule has 0 spiro atoms. The number of nitrogens with zero attached hydrogens (tertiary/aromatic N) is 1. The minimum Gasteiger partial charge on any atom is -0.507 e. The number of aromatic hydroxyl groups is 2. The zero-order valence-electron chi connectivity index (χ0n) is 33.8. The molecule has 0 unspecified atom stereocenters. The molecule has 0 atom stereocenters. The second-order valence-corrected chi connectivity index (χ2v) is 17.4. The Bertz CT molecular complexity index is 3100. The number of benzene rings is 10. The topological polar surface area (TPSA) is 40.5 Å². The molecular weight excluding hydrogens is 790 g/mol. The van der Waals surface area contributed by atoms with Crippen molar-refractivity contribution in [3.8, 4) is 56.0 Å². The summed E-state index contributed by atoms with van der Waals surface area (Å²) in [6, 6.07) is 61.4. The van der Waals surface area contributed by atoms with Gasteiger partial charge >= 0.3 is 0 Å². The molecule has 0 aliphatic carbocycles. The monoisotopic (exact) mass is 830 g/mol. The van der Waals surface area contributed by atoms with Crippen molar-refractivity contribution in [1.82, 2.24) is 0 Å². The Labute approximate surface area is 365 Å². The van der Waals surface area contributed by atoms with E-state index in [4.69, 9.17) is 23.2 Å². The van der Waals surface area contributed by atoms with E-state index in [0.717, 1.165) is 98.7 Å². The fourth-order valence-electron chi connectivity index (χ4n) is 9.36. The van der Waals surface area contributed by atoms with Crippen LogP contribution in [0, 0.1) is 0 Å². The largest absolute Gasteiger partial charge is 0.507 e. The third-order valence-electron chi connectivity index (χ3n) is 12.1. The lowest BCUT2D eigenvalue weighted by Gasteiger charge is -2.33. The van der Waals surface area contributed by atoms with Gasteiger partial charge in [-0.2, -0.15) is 0 Å². The molecule has 10 rings (SSSR count). The Hall–Kier alpha value is -6.62. The lowest BCUT2D eigenvalue weighted by atomic mass is 9.85. The first-order chi connectivity index (χ1) is 29.7. The molecule has 2 N–H and O–H groups in total. The molecule has 296 valence electrons. The highest BCUT2D eigenvalue weighted by molar-refractivity contribution is 6.34. The van der Waals surface area contributed by atoms with Crippen LogP contribution < -0.4 is 0 Å². The summed E-state index contributed by atoms with van der Waals surface area (Å²) in [4.78, 5) is 0. The van der Waals surface area contributed by atoms with Crippen molar-refractivity contribution in [3.05, 3.63) is 203 Å². The average molecular weight is 832 g/mol. The highest BCUT2D eigenvalue weighted by Crippen LogP contribution is 2.51. The van der Waals surface area contributed by atoms with Crippen molar-refractivity contribution in [2.45, 2.75) is 13.1 Å². The third-order valence-corrected chi connectivity index (χ3v) is 12.8. The van der Waals surface area contributed by atoms with Crippen LogP contribution in [0.5, 0.6) is 11.5 Å². The van der Waals surface area contributed by atoms with Crippen molar-refractivity contribution >= 4 is 66.3 Å². The number of quaternary nitrogens is 1. The van der Waals surface area contributed by atoms with Crippen molar-refractivity contribution in [3.63, 3.8) is 0 Å². The highest BCUT2D eigenvalue weighted by atomic mass is 35.5. The van der Waals surface area contributed by atoms with Crippen LogP contribution in [0.4, 0.5) is 0 Å². The van der Waals surface area contributed by atoms with Crippen molar-refractivity contribution in [1.29, 1.82) is 0 Å². The van der Waals surface area contributed by atoms with Crippen LogP contribution in [0.15, 0.2) is 182 Å². The minimum absolute atomic E-state index is 0.212. The van der Waals surface area contributed by atoms with E-state index in [0.29, 0.717) is 27.6 Å². The van der Waals surface area contributed by atoms with Crippen LogP contribution in [0.25, 0.3) is 87.6 Å². The van der Waals surface area contributed by atoms with Crippen molar-refractivity contribution in [2.75, 3.05) is 14.1 Å². The van der Waals surface area contributed by atoms with E-state index in [2.05, 4.69) is 74.8 Å². The fourth-order valence-corrected chi connectivity index (χ4v) is 9.90.